The zero-order valence-corrected chi connectivity index (χ0v) is 10.2. The van der Waals surface area contributed by atoms with Crippen molar-refractivity contribution in [2.45, 2.75) is 19.8 Å². The molecule has 0 aromatic heterocycles. The van der Waals surface area contributed by atoms with E-state index in [-0.39, 0.29) is 0 Å². The average molecular weight is 250 g/mol. The third kappa shape index (κ3) is 2.40. The molecule has 94 valence electrons. The van der Waals surface area contributed by atoms with Crippen LogP contribution >= 0.6 is 0 Å². The fourth-order valence-corrected chi connectivity index (χ4v) is 1.80. The van der Waals surface area contributed by atoms with Crippen molar-refractivity contribution in [1.29, 1.82) is 0 Å². The maximum atomic E-state index is 13.2. The number of halogens is 3. The SMILES string of the molecule is CC(C)c1cccc(-c2cc(F)c(F)c(F)c2)c1. The predicted octanol–water partition coefficient (Wildman–Crippen LogP) is 4.89. The molecule has 2 aromatic rings. The van der Waals surface area contributed by atoms with Gasteiger partial charge in [-0.2, -0.15) is 0 Å². The Kier molecular flexibility index (Phi) is 3.41. The summed E-state index contributed by atoms with van der Waals surface area (Å²) in [5.74, 6) is -3.45. The number of hydrogen-bond donors (Lipinski definition) is 0. The first-order valence-corrected chi connectivity index (χ1v) is 5.74. The summed E-state index contributed by atoms with van der Waals surface area (Å²) < 4.78 is 39.2. The standard InChI is InChI=1S/C15H13F3/c1-9(2)10-4-3-5-11(6-10)12-7-13(16)15(18)14(17)8-12/h3-9H,1-2H3. The minimum absolute atomic E-state index is 0.320. The average Bonchev–Trinajstić information content (AvgIpc) is 2.35. The smallest absolute Gasteiger partial charge is 0.194 e. The number of benzene rings is 2. The van der Waals surface area contributed by atoms with Crippen LogP contribution in [-0.2, 0) is 0 Å². The Morgan fingerprint density at radius 2 is 1.44 bits per heavy atom. The quantitative estimate of drug-likeness (QED) is 0.665. The Hall–Kier alpha value is -1.77. The van der Waals surface area contributed by atoms with Gasteiger partial charge >= 0.3 is 0 Å². The third-order valence-electron chi connectivity index (χ3n) is 2.87. The lowest BCUT2D eigenvalue weighted by molar-refractivity contribution is 0.447. The van der Waals surface area contributed by atoms with Gasteiger partial charge in [0.15, 0.2) is 17.5 Å². The summed E-state index contributed by atoms with van der Waals surface area (Å²) in [6, 6.07) is 9.40. The first-order chi connectivity index (χ1) is 8.49. The molecular formula is C15H13F3. The van der Waals surface area contributed by atoms with Gasteiger partial charge in [0.2, 0.25) is 0 Å². The van der Waals surface area contributed by atoms with Gasteiger partial charge in [-0.05, 0) is 34.7 Å². The van der Waals surface area contributed by atoms with E-state index in [1.54, 1.807) is 6.07 Å². The Labute approximate surface area is 104 Å². The summed E-state index contributed by atoms with van der Waals surface area (Å²) in [6.07, 6.45) is 0. The summed E-state index contributed by atoms with van der Waals surface area (Å²) in [4.78, 5) is 0. The third-order valence-corrected chi connectivity index (χ3v) is 2.87. The van der Waals surface area contributed by atoms with Gasteiger partial charge in [-0.1, -0.05) is 38.1 Å². The molecule has 0 N–H and O–H groups in total. The maximum absolute atomic E-state index is 13.2. The summed E-state index contributed by atoms with van der Waals surface area (Å²) >= 11 is 0. The van der Waals surface area contributed by atoms with E-state index in [1.807, 2.05) is 32.0 Å². The summed E-state index contributed by atoms with van der Waals surface area (Å²) in [6.45, 7) is 4.07. The molecule has 0 atom stereocenters. The van der Waals surface area contributed by atoms with Crippen molar-refractivity contribution in [3.63, 3.8) is 0 Å². The van der Waals surface area contributed by atoms with Crippen LogP contribution in [0.1, 0.15) is 25.3 Å². The molecule has 0 nitrogen and oxygen atoms in total. The van der Waals surface area contributed by atoms with Crippen LogP contribution in [0.25, 0.3) is 11.1 Å². The van der Waals surface area contributed by atoms with Crippen LogP contribution in [0.3, 0.4) is 0 Å². The molecule has 0 saturated carbocycles. The van der Waals surface area contributed by atoms with Crippen LogP contribution in [0.2, 0.25) is 0 Å². The highest BCUT2D eigenvalue weighted by Gasteiger charge is 2.12. The molecule has 0 aliphatic heterocycles. The van der Waals surface area contributed by atoms with Gasteiger partial charge in [0.1, 0.15) is 0 Å². The lowest BCUT2D eigenvalue weighted by Crippen LogP contribution is -1.93. The largest absolute Gasteiger partial charge is 0.204 e. The minimum atomic E-state index is -1.43. The van der Waals surface area contributed by atoms with E-state index in [4.69, 9.17) is 0 Å². The zero-order valence-electron chi connectivity index (χ0n) is 10.2. The van der Waals surface area contributed by atoms with Crippen LogP contribution in [0.5, 0.6) is 0 Å². The van der Waals surface area contributed by atoms with E-state index in [2.05, 4.69) is 0 Å². The molecule has 0 saturated heterocycles. The molecule has 2 aromatic carbocycles. The molecule has 0 radical (unpaired) electrons. The Balaban J connectivity index is 2.52. The first kappa shape index (κ1) is 12.7. The summed E-state index contributed by atoms with van der Waals surface area (Å²) in [7, 11) is 0. The van der Waals surface area contributed by atoms with Gasteiger partial charge in [0.25, 0.3) is 0 Å². The Morgan fingerprint density at radius 3 is 2.00 bits per heavy atom. The minimum Gasteiger partial charge on any atom is -0.204 e. The highest BCUT2D eigenvalue weighted by molar-refractivity contribution is 5.64. The van der Waals surface area contributed by atoms with Crippen molar-refractivity contribution < 1.29 is 13.2 Å². The topological polar surface area (TPSA) is 0 Å². The monoisotopic (exact) mass is 250 g/mol. The van der Waals surface area contributed by atoms with E-state index < -0.39 is 17.5 Å². The molecule has 2 rings (SSSR count). The van der Waals surface area contributed by atoms with Crippen molar-refractivity contribution in [3.8, 4) is 11.1 Å². The van der Waals surface area contributed by atoms with E-state index in [9.17, 15) is 13.2 Å². The molecule has 3 heteroatoms. The molecular weight excluding hydrogens is 237 g/mol. The van der Waals surface area contributed by atoms with Gasteiger partial charge < -0.3 is 0 Å². The molecule has 0 heterocycles. The second kappa shape index (κ2) is 4.84. The molecule has 0 aliphatic rings. The van der Waals surface area contributed by atoms with Gasteiger partial charge in [-0.3, -0.25) is 0 Å². The number of rotatable bonds is 2. The van der Waals surface area contributed by atoms with Gasteiger partial charge in [0.05, 0.1) is 0 Å². The fraction of sp³-hybridized carbons (Fsp3) is 0.200. The highest BCUT2D eigenvalue weighted by Crippen LogP contribution is 2.26. The summed E-state index contributed by atoms with van der Waals surface area (Å²) in [5, 5.41) is 0. The maximum Gasteiger partial charge on any atom is 0.194 e. The van der Waals surface area contributed by atoms with Crippen LogP contribution in [0.15, 0.2) is 36.4 Å². The molecule has 0 unspecified atom stereocenters. The van der Waals surface area contributed by atoms with Gasteiger partial charge in [-0.25, -0.2) is 13.2 Å². The van der Waals surface area contributed by atoms with Crippen molar-refractivity contribution in [2.75, 3.05) is 0 Å². The van der Waals surface area contributed by atoms with E-state index in [1.165, 1.54) is 0 Å². The van der Waals surface area contributed by atoms with Gasteiger partial charge in [0, 0.05) is 0 Å². The van der Waals surface area contributed by atoms with Crippen molar-refractivity contribution in [3.05, 3.63) is 59.4 Å². The van der Waals surface area contributed by atoms with E-state index in [0.717, 1.165) is 17.7 Å². The lowest BCUT2D eigenvalue weighted by atomic mass is 9.97. The second-order valence-corrected chi connectivity index (χ2v) is 4.53. The van der Waals surface area contributed by atoms with Crippen LogP contribution in [0, 0.1) is 17.5 Å². The number of hydrogen-bond acceptors (Lipinski definition) is 0. The van der Waals surface area contributed by atoms with E-state index >= 15 is 0 Å². The van der Waals surface area contributed by atoms with Gasteiger partial charge in [-0.15, -0.1) is 0 Å². The molecule has 18 heavy (non-hydrogen) atoms. The van der Waals surface area contributed by atoms with Crippen molar-refractivity contribution in [2.24, 2.45) is 0 Å². The first-order valence-electron chi connectivity index (χ1n) is 5.74. The Bertz CT molecular complexity index is 551. The molecule has 0 spiro atoms. The van der Waals surface area contributed by atoms with Crippen LogP contribution in [0.4, 0.5) is 13.2 Å². The Morgan fingerprint density at radius 1 is 0.833 bits per heavy atom. The second-order valence-electron chi connectivity index (χ2n) is 4.53. The molecule has 0 fully saturated rings. The van der Waals surface area contributed by atoms with Crippen LogP contribution in [-0.4, -0.2) is 0 Å². The summed E-state index contributed by atoms with van der Waals surface area (Å²) in [5.41, 5.74) is 2.09. The predicted molar refractivity (Wildman–Crippen MR) is 65.8 cm³/mol. The van der Waals surface area contributed by atoms with Crippen LogP contribution < -0.4 is 0 Å². The van der Waals surface area contributed by atoms with Crippen molar-refractivity contribution >= 4 is 0 Å². The lowest BCUT2D eigenvalue weighted by Gasteiger charge is -2.09. The molecule has 0 aliphatic carbocycles. The highest BCUT2D eigenvalue weighted by atomic mass is 19.2. The van der Waals surface area contributed by atoms with E-state index in [0.29, 0.717) is 17.0 Å². The molecule has 0 amide bonds. The normalized spacial score (nSPS) is 11.0. The van der Waals surface area contributed by atoms with Crippen molar-refractivity contribution in [1.82, 2.24) is 0 Å². The fourth-order valence-electron chi connectivity index (χ4n) is 1.80. The zero-order chi connectivity index (χ0) is 13.3. The molecule has 0 bridgehead atoms.